The van der Waals surface area contributed by atoms with Crippen molar-refractivity contribution in [1.29, 1.82) is 0 Å². The number of carbonyl (C=O) groups is 1. The number of nitrogens with zero attached hydrogens (tertiary/aromatic N) is 2. The molecule has 3 aromatic rings. The number of hydrogen-bond acceptors (Lipinski definition) is 9. The monoisotopic (exact) mass is 580 g/mol. The highest BCUT2D eigenvalue weighted by molar-refractivity contribution is 6.03. The van der Waals surface area contributed by atoms with Crippen LogP contribution < -0.4 is 33.2 Å². The van der Waals surface area contributed by atoms with Crippen molar-refractivity contribution >= 4 is 17.8 Å². The molecule has 0 N–H and O–H groups in total. The molecule has 1 saturated heterocycles. The normalized spacial score (nSPS) is 15.4. The van der Waals surface area contributed by atoms with E-state index in [1.54, 1.807) is 30.3 Å². The number of carbonyl (C=O) groups excluding carboxylic acids is 1. The molecule has 0 unspecified atom stereocenters. The average Bonchev–Trinajstić information content (AvgIpc) is 3.44. The van der Waals surface area contributed by atoms with Gasteiger partial charge in [0.2, 0.25) is 5.75 Å². The highest BCUT2D eigenvalue weighted by atomic mass is 19.1. The average molecular weight is 581 g/mol. The zero-order valence-electron chi connectivity index (χ0n) is 24.0. The second-order valence-electron chi connectivity index (χ2n) is 9.61. The van der Waals surface area contributed by atoms with Crippen molar-refractivity contribution < 1.29 is 42.3 Å². The largest absolute Gasteiger partial charge is 0.493 e. The molecule has 0 bridgehead atoms. The summed E-state index contributed by atoms with van der Waals surface area (Å²) in [6, 6.07) is 11.0. The Hall–Kier alpha value is -4.67. The molecular weight excluding hydrogens is 547 g/mol. The number of methoxy groups -OCH3 is 4. The van der Waals surface area contributed by atoms with E-state index in [1.165, 1.54) is 40.6 Å². The Labute approximate surface area is 243 Å². The number of fused-ring (bicyclic) bond motifs is 2. The van der Waals surface area contributed by atoms with E-state index in [4.69, 9.17) is 33.2 Å². The van der Waals surface area contributed by atoms with Crippen molar-refractivity contribution in [2.75, 3.05) is 48.2 Å². The highest BCUT2D eigenvalue weighted by Gasteiger charge is 2.32. The molecule has 0 saturated carbocycles. The highest BCUT2D eigenvalue weighted by Crippen LogP contribution is 2.42. The number of ether oxygens (including phenoxy) is 7. The van der Waals surface area contributed by atoms with E-state index in [0.29, 0.717) is 64.5 Å². The fourth-order valence-corrected chi connectivity index (χ4v) is 4.95. The number of benzene rings is 3. The zero-order valence-corrected chi connectivity index (χ0v) is 24.0. The maximum absolute atomic E-state index is 14.8. The lowest BCUT2D eigenvalue weighted by Gasteiger charge is -2.20. The van der Waals surface area contributed by atoms with Gasteiger partial charge in [-0.25, -0.2) is 4.39 Å². The van der Waals surface area contributed by atoms with Crippen LogP contribution in [-0.2, 0) is 0 Å². The van der Waals surface area contributed by atoms with Crippen LogP contribution in [0.4, 0.5) is 10.1 Å². The van der Waals surface area contributed by atoms with Crippen LogP contribution in [0.5, 0.6) is 46.0 Å². The summed E-state index contributed by atoms with van der Waals surface area (Å²) in [5.41, 5.74) is 1.06. The maximum Gasteiger partial charge on any atom is 0.256 e. The lowest BCUT2D eigenvalue weighted by Crippen LogP contribution is -2.35. The summed E-state index contributed by atoms with van der Waals surface area (Å²) in [5, 5.41) is 0. The Bertz CT molecular complexity index is 1450. The van der Waals surface area contributed by atoms with Crippen LogP contribution in [0, 0.1) is 5.82 Å². The van der Waals surface area contributed by atoms with Crippen LogP contribution in [0.1, 0.15) is 29.6 Å². The van der Waals surface area contributed by atoms with Crippen molar-refractivity contribution in [2.24, 2.45) is 4.99 Å². The van der Waals surface area contributed by atoms with Crippen LogP contribution >= 0.6 is 0 Å². The summed E-state index contributed by atoms with van der Waals surface area (Å²) < 4.78 is 53.6. The van der Waals surface area contributed by atoms with E-state index in [9.17, 15) is 9.18 Å². The fraction of sp³-hybridized carbons (Fsp3) is 0.355. The molecule has 11 heteroatoms. The van der Waals surface area contributed by atoms with Gasteiger partial charge in [0.15, 0.2) is 34.6 Å². The van der Waals surface area contributed by atoms with Crippen molar-refractivity contribution in [3.8, 4) is 46.0 Å². The first kappa shape index (κ1) is 28.8. The second kappa shape index (κ2) is 12.9. The summed E-state index contributed by atoms with van der Waals surface area (Å²) in [6.07, 6.45) is 4.23. The summed E-state index contributed by atoms with van der Waals surface area (Å²) in [7, 11) is 6.01. The molecule has 1 amide bonds. The third-order valence-electron chi connectivity index (χ3n) is 7.04. The van der Waals surface area contributed by atoms with Crippen LogP contribution in [0.3, 0.4) is 0 Å². The SMILES string of the molecule is COc1cc2c(cc1OCCCOc1ccc(Oc3cc(OC)c(OC)c(OC)c3)c(F)c1)N=C[C@@H]1CCCN1C2=O. The molecule has 1 fully saturated rings. The molecule has 2 heterocycles. The summed E-state index contributed by atoms with van der Waals surface area (Å²) in [6.45, 7) is 1.32. The minimum Gasteiger partial charge on any atom is -0.493 e. The lowest BCUT2D eigenvalue weighted by molar-refractivity contribution is 0.0774. The van der Waals surface area contributed by atoms with Gasteiger partial charge < -0.3 is 38.1 Å². The van der Waals surface area contributed by atoms with Crippen molar-refractivity contribution in [2.45, 2.75) is 25.3 Å². The number of rotatable bonds is 12. The molecule has 10 nitrogen and oxygen atoms in total. The molecular formula is C31H33FN2O8. The van der Waals surface area contributed by atoms with Crippen LogP contribution in [-0.4, -0.2) is 71.3 Å². The van der Waals surface area contributed by atoms with Gasteiger partial charge in [0.1, 0.15) is 11.5 Å². The van der Waals surface area contributed by atoms with Gasteiger partial charge in [0.05, 0.1) is 58.9 Å². The number of aliphatic imine (C=N–C) groups is 1. The Morgan fingerprint density at radius 2 is 1.57 bits per heavy atom. The molecule has 1 atom stereocenters. The molecule has 5 rings (SSSR count). The van der Waals surface area contributed by atoms with Crippen molar-refractivity contribution in [3.05, 3.63) is 53.8 Å². The van der Waals surface area contributed by atoms with Crippen molar-refractivity contribution in [1.82, 2.24) is 4.90 Å². The van der Waals surface area contributed by atoms with E-state index < -0.39 is 5.82 Å². The smallest absolute Gasteiger partial charge is 0.256 e. The summed E-state index contributed by atoms with van der Waals surface area (Å²) in [4.78, 5) is 19.4. The first-order chi connectivity index (χ1) is 20.4. The predicted molar refractivity (Wildman–Crippen MR) is 153 cm³/mol. The number of amides is 1. The van der Waals surface area contributed by atoms with Gasteiger partial charge in [-0.05, 0) is 31.0 Å². The van der Waals surface area contributed by atoms with E-state index in [0.717, 1.165) is 19.4 Å². The third kappa shape index (κ3) is 6.00. The predicted octanol–water partition coefficient (Wildman–Crippen LogP) is 5.82. The summed E-state index contributed by atoms with van der Waals surface area (Å²) >= 11 is 0. The molecule has 0 radical (unpaired) electrons. The molecule has 222 valence electrons. The third-order valence-corrected chi connectivity index (χ3v) is 7.04. The van der Waals surface area contributed by atoms with Gasteiger partial charge in [-0.15, -0.1) is 0 Å². The number of hydrogen-bond donors (Lipinski definition) is 0. The van der Waals surface area contributed by atoms with E-state index >= 15 is 0 Å². The van der Waals surface area contributed by atoms with Gasteiger partial charge in [0.25, 0.3) is 5.91 Å². The van der Waals surface area contributed by atoms with Gasteiger partial charge in [0, 0.05) is 43.4 Å². The molecule has 42 heavy (non-hydrogen) atoms. The molecule has 3 aromatic carbocycles. The quantitative estimate of drug-likeness (QED) is 0.247. The maximum atomic E-state index is 14.8. The summed E-state index contributed by atoms with van der Waals surface area (Å²) in [5.74, 6) is 2.17. The van der Waals surface area contributed by atoms with Crippen LogP contribution in [0.2, 0.25) is 0 Å². The van der Waals surface area contributed by atoms with Gasteiger partial charge in [-0.2, -0.15) is 0 Å². The van der Waals surface area contributed by atoms with Crippen LogP contribution in [0.25, 0.3) is 0 Å². The first-order valence-corrected chi connectivity index (χ1v) is 13.6. The molecule has 2 aliphatic rings. The minimum absolute atomic E-state index is 0.0110. The standard InChI is InChI=1S/C31H33FN2O8/c1-36-26-16-22-24(33-18-19-7-5-10-34(19)31(22)35)17-27(26)41-12-6-11-40-20-8-9-25(23(32)13-20)42-21-14-28(37-2)30(39-4)29(15-21)38-3/h8-9,13-19H,5-7,10-12H2,1-4H3/t19-/m0/s1. The molecule has 0 aromatic heterocycles. The molecule has 2 aliphatic heterocycles. The van der Waals surface area contributed by atoms with Crippen molar-refractivity contribution in [3.63, 3.8) is 0 Å². The Balaban J connectivity index is 1.16. The van der Waals surface area contributed by atoms with Gasteiger partial charge in [-0.1, -0.05) is 0 Å². The Kier molecular flexibility index (Phi) is 8.85. The zero-order chi connectivity index (χ0) is 29.6. The molecule has 0 aliphatic carbocycles. The van der Waals surface area contributed by atoms with Crippen LogP contribution in [0.15, 0.2) is 47.5 Å². The molecule has 0 spiro atoms. The lowest BCUT2D eigenvalue weighted by atomic mass is 10.1. The first-order valence-electron chi connectivity index (χ1n) is 13.6. The second-order valence-corrected chi connectivity index (χ2v) is 9.61. The fourth-order valence-electron chi connectivity index (χ4n) is 4.95. The van der Waals surface area contributed by atoms with E-state index in [1.807, 2.05) is 11.1 Å². The topological polar surface area (TPSA) is 97.3 Å². The minimum atomic E-state index is -0.595. The Morgan fingerprint density at radius 1 is 0.833 bits per heavy atom. The van der Waals surface area contributed by atoms with E-state index in [-0.39, 0.29) is 24.3 Å². The van der Waals surface area contributed by atoms with Gasteiger partial charge >= 0.3 is 0 Å². The van der Waals surface area contributed by atoms with Gasteiger partial charge in [-0.3, -0.25) is 9.79 Å². The van der Waals surface area contributed by atoms with E-state index in [2.05, 4.69) is 4.99 Å². The Morgan fingerprint density at radius 3 is 2.26 bits per heavy atom. The number of halogens is 1.